The summed E-state index contributed by atoms with van der Waals surface area (Å²) < 4.78 is 1.94. The topological polar surface area (TPSA) is 64.2 Å². The molecule has 5 nitrogen and oxygen atoms in total. The van der Waals surface area contributed by atoms with Gasteiger partial charge in [0.1, 0.15) is 0 Å². The van der Waals surface area contributed by atoms with E-state index in [2.05, 4.69) is 5.10 Å². The first-order valence-corrected chi connectivity index (χ1v) is 5.90. The van der Waals surface area contributed by atoms with Gasteiger partial charge in [0.05, 0.1) is 5.69 Å². The Morgan fingerprint density at radius 3 is 2.53 bits per heavy atom. The smallest absolute Gasteiger partial charge is 0.222 e. The maximum atomic E-state index is 11.4. The van der Waals surface area contributed by atoms with E-state index in [4.69, 9.17) is 5.73 Å². The van der Waals surface area contributed by atoms with Gasteiger partial charge in [0.25, 0.3) is 0 Å². The van der Waals surface area contributed by atoms with Gasteiger partial charge >= 0.3 is 0 Å². The first kappa shape index (κ1) is 13.7. The van der Waals surface area contributed by atoms with Crippen molar-refractivity contribution in [1.29, 1.82) is 0 Å². The molecule has 1 rings (SSSR count). The van der Waals surface area contributed by atoms with Crippen molar-refractivity contribution in [2.45, 2.75) is 39.8 Å². The van der Waals surface area contributed by atoms with E-state index in [0.29, 0.717) is 13.0 Å². The van der Waals surface area contributed by atoms with Crippen LogP contribution in [0.4, 0.5) is 0 Å². The van der Waals surface area contributed by atoms with Crippen LogP contribution in [-0.2, 0) is 17.9 Å². The van der Waals surface area contributed by atoms with Crippen molar-refractivity contribution in [3.63, 3.8) is 0 Å². The predicted molar refractivity (Wildman–Crippen MR) is 67.5 cm³/mol. The summed E-state index contributed by atoms with van der Waals surface area (Å²) in [4.78, 5) is 13.0. The van der Waals surface area contributed by atoms with E-state index >= 15 is 0 Å². The van der Waals surface area contributed by atoms with E-state index in [-0.39, 0.29) is 5.91 Å². The molecule has 1 aromatic rings. The minimum atomic E-state index is 0.158. The molecule has 0 saturated heterocycles. The Labute approximate surface area is 103 Å². The molecule has 0 aromatic carbocycles. The van der Waals surface area contributed by atoms with Crippen molar-refractivity contribution in [2.24, 2.45) is 5.73 Å². The van der Waals surface area contributed by atoms with E-state index in [0.717, 1.165) is 29.9 Å². The van der Waals surface area contributed by atoms with Gasteiger partial charge in [0.15, 0.2) is 0 Å². The fourth-order valence-electron chi connectivity index (χ4n) is 1.85. The molecule has 0 aliphatic rings. The van der Waals surface area contributed by atoms with Gasteiger partial charge in [-0.25, -0.2) is 0 Å². The third-order valence-corrected chi connectivity index (χ3v) is 2.99. The highest BCUT2D eigenvalue weighted by Gasteiger charge is 2.10. The average molecular weight is 238 g/mol. The Hall–Kier alpha value is -1.36. The van der Waals surface area contributed by atoms with Crippen molar-refractivity contribution in [3.05, 3.63) is 17.0 Å². The van der Waals surface area contributed by atoms with Crippen LogP contribution in [0.3, 0.4) is 0 Å². The van der Waals surface area contributed by atoms with Crippen LogP contribution in [0, 0.1) is 13.8 Å². The Kier molecular flexibility index (Phi) is 4.69. The predicted octanol–water partition coefficient (Wildman–Crippen LogP) is 0.827. The van der Waals surface area contributed by atoms with Gasteiger partial charge in [-0.05, 0) is 20.3 Å². The van der Waals surface area contributed by atoms with Gasteiger partial charge in [0, 0.05) is 44.9 Å². The van der Waals surface area contributed by atoms with E-state index < -0.39 is 0 Å². The highest BCUT2D eigenvalue weighted by atomic mass is 16.2. The second kappa shape index (κ2) is 5.82. The zero-order valence-electron chi connectivity index (χ0n) is 11.2. The lowest BCUT2D eigenvalue weighted by Crippen LogP contribution is -2.21. The standard InChI is InChI=1S/C12H22N4O/c1-9-11(8-13)10(2)16(14-9)7-5-6-12(17)15(3)4/h5-8,13H2,1-4H3. The fraction of sp³-hybridized carbons (Fsp3) is 0.667. The first-order valence-electron chi connectivity index (χ1n) is 5.90. The molecule has 1 heterocycles. The number of carbonyl (C=O) groups excluding carboxylic acids is 1. The summed E-state index contributed by atoms with van der Waals surface area (Å²) in [7, 11) is 3.55. The maximum absolute atomic E-state index is 11.4. The number of amides is 1. The maximum Gasteiger partial charge on any atom is 0.222 e. The molecular weight excluding hydrogens is 216 g/mol. The molecule has 0 radical (unpaired) electrons. The summed E-state index contributed by atoms with van der Waals surface area (Å²) in [6, 6.07) is 0. The molecule has 0 fully saturated rings. The summed E-state index contributed by atoms with van der Waals surface area (Å²) in [6.07, 6.45) is 1.37. The quantitative estimate of drug-likeness (QED) is 0.826. The first-order chi connectivity index (χ1) is 7.97. The number of hydrogen-bond acceptors (Lipinski definition) is 3. The van der Waals surface area contributed by atoms with Crippen LogP contribution in [0.15, 0.2) is 0 Å². The fourth-order valence-corrected chi connectivity index (χ4v) is 1.85. The lowest BCUT2D eigenvalue weighted by Gasteiger charge is -2.10. The molecule has 0 spiro atoms. The van der Waals surface area contributed by atoms with Crippen LogP contribution >= 0.6 is 0 Å². The molecule has 17 heavy (non-hydrogen) atoms. The van der Waals surface area contributed by atoms with Crippen molar-refractivity contribution in [2.75, 3.05) is 14.1 Å². The number of carbonyl (C=O) groups is 1. The third kappa shape index (κ3) is 3.30. The number of hydrogen-bond donors (Lipinski definition) is 1. The highest BCUT2D eigenvalue weighted by molar-refractivity contribution is 5.75. The third-order valence-electron chi connectivity index (χ3n) is 2.99. The second-order valence-electron chi connectivity index (χ2n) is 4.47. The van der Waals surface area contributed by atoms with Gasteiger partial charge in [-0.2, -0.15) is 5.10 Å². The molecule has 0 aliphatic carbocycles. The van der Waals surface area contributed by atoms with Crippen LogP contribution in [0.25, 0.3) is 0 Å². The van der Waals surface area contributed by atoms with E-state index in [1.54, 1.807) is 19.0 Å². The molecule has 96 valence electrons. The summed E-state index contributed by atoms with van der Waals surface area (Å²) in [6.45, 7) is 5.28. The monoisotopic (exact) mass is 238 g/mol. The number of aryl methyl sites for hydroxylation is 2. The van der Waals surface area contributed by atoms with Gasteiger partial charge in [0.2, 0.25) is 5.91 Å². The van der Waals surface area contributed by atoms with Crippen LogP contribution in [-0.4, -0.2) is 34.7 Å². The van der Waals surface area contributed by atoms with Crippen molar-refractivity contribution in [1.82, 2.24) is 14.7 Å². The second-order valence-corrected chi connectivity index (χ2v) is 4.47. The van der Waals surface area contributed by atoms with E-state index in [1.807, 2.05) is 18.5 Å². The number of rotatable bonds is 5. The molecule has 0 atom stereocenters. The van der Waals surface area contributed by atoms with Crippen LogP contribution in [0.2, 0.25) is 0 Å². The zero-order chi connectivity index (χ0) is 13.0. The normalized spacial score (nSPS) is 10.6. The lowest BCUT2D eigenvalue weighted by molar-refractivity contribution is -0.128. The number of nitrogens with zero attached hydrogens (tertiary/aromatic N) is 3. The van der Waals surface area contributed by atoms with Gasteiger partial charge in [-0.3, -0.25) is 9.48 Å². The largest absolute Gasteiger partial charge is 0.349 e. The molecule has 2 N–H and O–H groups in total. The van der Waals surface area contributed by atoms with Gasteiger partial charge < -0.3 is 10.6 Å². The van der Waals surface area contributed by atoms with E-state index in [9.17, 15) is 4.79 Å². The minimum Gasteiger partial charge on any atom is -0.349 e. The molecule has 0 unspecified atom stereocenters. The van der Waals surface area contributed by atoms with Crippen molar-refractivity contribution in [3.8, 4) is 0 Å². The molecule has 0 aliphatic heterocycles. The summed E-state index contributed by atoms with van der Waals surface area (Å²) in [5.74, 6) is 0.158. The molecule has 0 bridgehead atoms. The minimum absolute atomic E-state index is 0.158. The van der Waals surface area contributed by atoms with Crippen LogP contribution in [0.5, 0.6) is 0 Å². The van der Waals surface area contributed by atoms with Gasteiger partial charge in [-0.1, -0.05) is 0 Å². The number of aromatic nitrogens is 2. The van der Waals surface area contributed by atoms with E-state index in [1.165, 1.54) is 0 Å². The van der Waals surface area contributed by atoms with Crippen LogP contribution < -0.4 is 5.73 Å². The Bertz CT molecular complexity index is 395. The van der Waals surface area contributed by atoms with Crippen LogP contribution in [0.1, 0.15) is 29.8 Å². The van der Waals surface area contributed by atoms with Crippen molar-refractivity contribution >= 4 is 5.91 Å². The zero-order valence-corrected chi connectivity index (χ0v) is 11.2. The summed E-state index contributed by atoms with van der Waals surface area (Å²) in [5.41, 5.74) is 8.89. The Balaban J connectivity index is 2.56. The molecule has 5 heteroatoms. The number of nitrogens with two attached hydrogens (primary N) is 1. The molecule has 1 amide bonds. The SMILES string of the molecule is Cc1nn(CCCC(=O)N(C)C)c(C)c1CN. The highest BCUT2D eigenvalue weighted by Crippen LogP contribution is 2.12. The Morgan fingerprint density at radius 1 is 1.41 bits per heavy atom. The Morgan fingerprint density at radius 2 is 2.06 bits per heavy atom. The average Bonchev–Trinajstić information content (AvgIpc) is 2.53. The molecule has 0 saturated carbocycles. The molecular formula is C12H22N4O. The lowest BCUT2D eigenvalue weighted by atomic mass is 10.2. The summed E-state index contributed by atoms with van der Waals surface area (Å²) in [5, 5.41) is 4.43. The van der Waals surface area contributed by atoms with Crippen molar-refractivity contribution < 1.29 is 4.79 Å². The summed E-state index contributed by atoms with van der Waals surface area (Å²) >= 11 is 0. The molecule has 1 aromatic heterocycles. The van der Waals surface area contributed by atoms with Gasteiger partial charge in [-0.15, -0.1) is 0 Å².